The summed E-state index contributed by atoms with van der Waals surface area (Å²) in [5, 5.41) is 0. The minimum atomic E-state index is -4.51. The minimum absolute atomic E-state index is 0.113. The molecule has 7 nitrogen and oxygen atoms in total. The lowest BCUT2D eigenvalue weighted by Gasteiger charge is -2.36. The molecule has 2 aromatic carbocycles. The van der Waals surface area contributed by atoms with Crippen molar-refractivity contribution < 1.29 is 37.0 Å². The highest BCUT2D eigenvalue weighted by Gasteiger charge is 2.30. The first-order valence-corrected chi connectivity index (χ1v) is 9.89. The zero-order valence-corrected chi connectivity index (χ0v) is 17.4. The molecule has 0 radical (unpaired) electrons. The average molecular weight is 452 g/mol. The van der Waals surface area contributed by atoms with Crippen LogP contribution in [-0.4, -0.2) is 63.3 Å². The molecular formula is C22H23F3N2O5. The van der Waals surface area contributed by atoms with Crippen LogP contribution >= 0.6 is 0 Å². The Kier molecular flexibility index (Phi) is 7.45. The van der Waals surface area contributed by atoms with Gasteiger partial charge in [0.15, 0.2) is 13.2 Å². The summed E-state index contributed by atoms with van der Waals surface area (Å²) in [5.74, 6) is -0.529. The van der Waals surface area contributed by atoms with Crippen molar-refractivity contribution >= 4 is 17.6 Å². The van der Waals surface area contributed by atoms with E-state index >= 15 is 0 Å². The number of carbonyl (C=O) groups is 2. The molecule has 1 heterocycles. The number of rotatable bonds is 7. The number of anilines is 1. The first kappa shape index (κ1) is 23.2. The molecule has 10 heteroatoms. The van der Waals surface area contributed by atoms with Crippen LogP contribution in [-0.2, 0) is 20.5 Å². The van der Waals surface area contributed by atoms with E-state index in [1.807, 2.05) is 24.3 Å². The number of amides is 1. The standard InChI is InChI=1S/C22H23F3N2O5/c1-30-18-7-5-17(6-8-18)26-9-11-27(12-10-26)20(28)14-32-21(29)15-31-19-4-2-3-16(13-19)22(23,24)25/h2-8,13H,9-12,14-15H2,1H3. The quantitative estimate of drug-likeness (QED) is 0.602. The Balaban J connectivity index is 1.39. The van der Waals surface area contributed by atoms with E-state index in [0.717, 1.165) is 23.6 Å². The Morgan fingerprint density at radius 2 is 1.62 bits per heavy atom. The Morgan fingerprint density at radius 3 is 2.25 bits per heavy atom. The van der Waals surface area contributed by atoms with Gasteiger partial charge in [-0.05, 0) is 42.5 Å². The number of alkyl halides is 3. The Hall–Kier alpha value is -3.43. The number of carbonyl (C=O) groups excluding carboxylic acids is 2. The highest BCUT2D eigenvalue weighted by molar-refractivity contribution is 5.81. The average Bonchev–Trinajstić information content (AvgIpc) is 2.81. The predicted molar refractivity (Wildman–Crippen MR) is 110 cm³/mol. The first-order chi connectivity index (χ1) is 15.3. The van der Waals surface area contributed by atoms with Crippen molar-refractivity contribution in [1.82, 2.24) is 4.90 Å². The molecule has 0 N–H and O–H groups in total. The van der Waals surface area contributed by atoms with Crippen LogP contribution in [0.3, 0.4) is 0 Å². The van der Waals surface area contributed by atoms with Crippen LogP contribution in [0.4, 0.5) is 18.9 Å². The Bertz CT molecular complexity index is 926. The lowest BCUT2D eigenvalue weighted by Crippen LogP contribution is -2.50. The van der Waals surface area contributed by atoms with E-state index in [2.05, 4.69) is 4.90 Å². The Labute approximate surface area is 183 Å². The van der Waals surface area contributed by atoms with Crippen LogP contribution in [0, 0.1) is 0 Å². The number of nitrogens with zero attached hydrogens (tertiary/aromatic N) is 2. The van der Waals surface area contributed by atoms with Gasteiger partial charge < -0.3 is 24.0 Å². The largest absolute Gasteiger partial charge is 0.497 e. The van der Waals surface area contributed by atoms with Crippen molar-refractivity contribution in [1.29, 1.82) is 0 Å². The fourth-order valence-electron chi connectivity index (χ4n) is 3.19. The van der Waals surface area contributed by atoms with Gasteiger partial charge in [0, 0.05) is 31.9 Å². The van der Waals surface area contributed by atoms with Crippen molar-refractivity contribution in [3.05, 3.63) is 54.1 Å². The summed E-state index contributed by atoms with van der Waals surface area (Å²) >= 11 is 0. The molecule has 1 aliphatic heterocycles. The molecule has 2 aromatic rings. The second kappa shape index (κ2) is 10.3. The molecule has 1 aliphatic rings. The van der Waals surface area contributed by atoms with Crippen LogP contribution < -0.4 is 14.4 Å². The van der Waals surface area contributed by atoms with Gasteiger partial charge in [0.2, 0.25) is 0 Å². The van der Waals surface area contributed by atoms with Crippen LogP contribution in [0.25, 0.3) is 0 Å². The fraction of sp³-hybridized carbons (Fsp3) is 0.364. The smallest absolute Gasteiger partial charge is 0.416 e. The third-order valence-corrected chi connectivity index (χ3v) is 4.94. The number of hydrogen-bond acceptors (Lipinski definition) is 6. The summed E-state index contributed by atoms with van der Waals surface area (Å²) in [5.41, 5.74) is 0.142. The molecule has 0 unspecified atom stereocenters. The number of ether oxygens (including phenoxy) is 3. The SMILES string of the molecule is COc1ccc(N2CCN(C(=O)COC(=O)COc3cccc(C(F)(F)F)c3)CC2)cc1. The summed E-state index contributed by atoms with van der Waals surface area (Å²) in [6, 6.07) is 11.8. The van der Waals surface area contributed by atoms with Gasteiger partial charge in [-0.3, -0.25) is 4.79 Å². The normalized spacial score (nSPS) is 14.1. The molecule has 0 bridgehead atoms. The lowest BCUT2D eigenvalue weighted by atomic mass is 10.2. The number of hydrogen-bond donors (Lipinski definition) is 0. The number of methoxy groups -OCH3 is 1. The van der Waals surface area contributed by atoms with Crippen molar-refractivity contribution in [3.63, 3.8) is 0 Å². The van der Waals surface area contributed by atoms with Gasteiger partial charge in [0.1, 0.15) is 11.5 Å². The zero-order chi connectivity index (χ0) is 23.1. The molecule has 0 spiro atoms. The molecule has 3 rings (SSSR count). The zero-order valence-electron chi connectivity index (χ0n) is 17.4. The molecule has 0 atom stereocenters. The molecule has 1 fully saturated rings. The second-order valence-electron chi connectivity index (χ2n) is 7.04. The van der Waals surface area contributed by atoms with Crippen LogP contribution in [0.15, 0.2) is 48.5 Å². The lowest BCUT2D eigenvalue weighted by molar-refractivity contribution is -0.153. The predicted octanol–water partition coefficient (Wildman–Crippen LogP) is 2.98. The summed E-state index contributed by atoms with van der Waals surface area (Å²) in [6.45, 7) is 1.16. The fourth-order valence-corrected chi connectivity index (χ4v) is 3.19. The molecule has 0 aromatic heterocycles. The van der Waals surface area contributed by atoms with Crippen LogP contribution in [0.5, 0.6) is 11.5 Å². The number of esters is 1. The van der Waals surface area contributed by atoms with Gasteiger partial charge >= 0.3 is 12.1 Å². The van der Waals surface area contributed by atoms with E-state index in [9.17, 15) is 22.8 Å². The van der Waals surface area contributed by atoms with E-state index in [0.29, 0.717) is 26.2 Å². The van der Waals surface area contributed by atoms with E-state index in [4.69, 9.17) is 14.2 Å². The highest BCUT2D eigenvalue weighted by atomic mass is 19.4. The third-order valence-electron chi connectivity index (χ3n) is 4.94. The van der Waals surface area contributed by atoms with Crippen molar-refractivity contribution in [2.75, 3.05) is 51.4 Å². The van der Waals surface area contributed by atoms with Crippen molar-refractivity contribution in [2.24, 2.45) is 0 Å². The summed E-state index contributed by atoms with van der Waals surface area (Å²) in [6.07, 6.45) is -4.51. The molecule has 1 amide bonds. The number of halogens is 3. The maximum atomic E-state index is 12.7. The van der Waals surface area contributed by atoms with Gasteiger partial charge in [-0.15, -0.1) is 0 Å². The number of piperazine rings is 1. The van der Waals surface area contributed by atoms with Gasteiger partial charge in [0.05, 0.1) is 12.7 Å². The maximum absolute atomic E-state index is 12.7. The molecular weight excluding hydrogens is 429 g/mol. The molecule has 0 aliphatic carbocycles. The van der Waals surface area contributed by atoms with Gasteiger partial charge in [-0.25, -0.2) is 4.79 Å². The molecule has 172 valence electrons. The van der Waals surface area contributed by atoms with E-state index in [1.54, 1.807) is 12.0 Å². The summed E-state index contributed by atoms with van der Waals surface area (Å²) in [4.78, 5) is 27.9. The maximum Gasteiger partial charge on any atom is 0.416 e. The second-order valence-corrected chi connectivity index (χ2v) is 7.04. The van der Waals surface area contributed by atoms with E-state index in [-0.39, 0.29) is 11.7 Å². The summed E-state index contributed by atoms with van der Waals surface area (Å²) < 4.78 is 53.2. The monoisotopic (exact) mass is 452 g/mol. The van der Waals surface area contributed by atoms with Gasteiger partial charge in [-0.2, -0.15) is 13.2 Å². The van der Waals surface area contributed by atoms with E-state index < -0.39 is 30.9 Å². The highest BCUT2D eigenvalue weighted by Crippen LogP contribution is 2.31. The Morgan fingerprint density at radius 1 is 0.938 bits per heavy atom. The summed E-state index contributed by atoms with van der Waals surface area (Å²) in [7, 11) is 1.60. The molecule has 32 heavy (non-hydrogen) atoms. The van der Waals surface area contributed by atoms with Crippen LogP contribution in [0.2, 0.25) is 0 Å². The van der Waals surface area contributed by atoms with Gasteiger partial charge in [-0.1, -0.05) is 6.07 Å². The third kappa shape index (κ3) is 6.29. The molecule has 1 saturated heterocycles. The van der Waals surface area contributed by atoms with Crippen molar-refractivity contribution in [2.45, 2.75) is 6.18 Å². The van der Waals surface area contributed by atoms with E-state index in [1.165, 1.54) is 12.1 Å². The van der Waals surface area contributed by atoms with Gasteiger partial charge in [0.25, 0.3) is 5.91 Å². The first-order valence-electron chi connectivity index (χ1n) is 9.89. The molecule has 0 saturated carbocycles. The minimum Gasteiger partial charge on any atom is -0.497 e. The topological polar surface area (TPSA) is 68.3 Å². The van der Waals surface area contributed by atoms with Crippen molar-refractivity contribution in [3.8, 4) is 11.5 Å². The van der Waals surface area contributed by atoms with Crippen LogP contribution in [0.1, 0.15) is 5.56 Å². The number of benzene rings is 2.